The summed E-state index contributed by atoms with van der Waals surface area (Å²) in [5.41, 5.74) is 0. The molecule has 0 bridgehead atoms. The third kappa shape index (κ3) is 2.56. The van der Waals surface area contributed by atoms with Gasteiger partial charge in [-0.15, -0.1) is 17.9 Å². The van der Waals surface area contributed by atoms with E-state index >= 15 is 0 Å². The van der Waals surface area contributed by atoms with E-state index in [9.17, 15) is 0 Å². The molecule has 1 aliphatic rings. The van der Waals surface area contributed by atoms with Gasteiger partial charge in [0.25, 0.3) is 0 Å². The van der Waals surface area contributed by atoms with Crippen molar-refractivity contribution < 1.29 is 0 Å². The minimum atomic E-state index is 0.731. The molecule has 0 saturated carbocycles. The van der Waals surface area contributed by atoms with Crippen LogP contribution in [-0.4, -0.2) is 14.8 Å². The predicted octanol–water partition coefficient (Wildman–Crippen LogP) is 2.02. The van der Waals surface area contributed by atoms with E-state index in [1.807, 2.05) is 4.68 Å². The third-order valence-electron chi connectivity index (χ3n) is 1.99. The second-order valence-corrected chi connectivity index (χ2v) is 3.54. The number of aryl methyl sites for hydroxylation is 2. The SMILES string of the molecule is Brc1nc2n(n1)CCCCC2.C#C. The summed E-state index contributed by atoms with van der Waals surface area (Å²) in [6.07, 6.45) is 12.9. The Hall–Kier alpha value is -0.820. The van der Waals surface area contributed by atoms with Crippen LogP contribution in [0.2, 0.25) is 0 Å². The van der Waals surface area contributed by atoms with Crippen molar-refractivity contribution in [1.82, 2.24) is 14.8 Å². The lowest BCUT2D eigenvalue weighted by Crippen LogP contribution is -2.01. The maximum Gasteiger partial charge on any atom is 0.217 e. The first kappa shape index (κ1) is 10.3. The van der Waals surface area contributed by atoms with Crippen LogP contribution in [0, 0.1) is 12.8 Å². The number of nitrogens with zero attached hydrogens (tertiary/aromatic N) is 3. The number of aromatic nitrogens is 3. The van der Waals surface area contributed by atoms with Crippen molar-refractivity contribution in [3.8, 4) is 12.8 Å². The zero-order valence-corrected chi connectivity index (χ0v) is 9.00. The fraction of sp³-hybridized carbons (Fsp3) is 0.556. The van der Waals surface area contributed by atoms with E-state index in [1.165, 1.54) is 19.3 Å². The van der Waals surface area contributed by atoms with E-state index in [2.05, 4.69) is 38.9 Å². The van der Waals surface area contributed by atoms with Gasteiger partial charge in [-0.1, -0.05) is 6.42 Å². The van der Waals surface area contributed by atoms with Crippen LogP contribution >= 0.6 is 15.9 Å². The fourth-order valence-corrected chi connectivity index (χ4v) is 1.83. The molecule has 0 N–H and O–H groups in total. The second kappa shape index (κ2) is 5.03. The molecule has 70 valence electrons. The Bertz CT molecular complexity index is 267. The lowest BCUT2D eigenvalue weighted by Gasteiger charge is -1.96. The Balaban J connectivity index is 0.000000396. The Kier molecular flexibility index (Phi) is 3.97. The van der Waals surface area contributed by atoms with Crippen LogP contribution in [0.3, 0.4) is 0 Å². The molecule has 0 aromatic carbocycles. The molecular weight excluding hydrogens is 230 g/mol. The molecule has 0 fully saturated rings. The topological polar surface area (TPSA) is 30.7 Å². The summed E-state index contributed by atoms with van der Waals surface area (Å²) in [5.74, 6) is 1.13. The lowest BCUT2D eigenvalue weighted by molar-refractivity contribution is 0.572. The van der Waals surface area contributed by atoms with E-state index in [-0.39, 0.29) is 0 Å². The largest absolute Gasteiger partial charge is 0.249 e. The molecule has 1 aromatic rings. The Morgan fingerprint density at radius 3 is 2.77 bits per heavy atom. The highest BCUT2D eigenvalue weighted by Gasteiger charge is 2.10. The number of hydrogen-bond donors (Lipinski definition) is 0. The van der Waals surface area contributed by atoms with Gasteiger partial charge >= 0.3 is 0 Å². The monoisotopic (exact) mass is 241 g/mol. The average molecular weight is 242 g/mol. The summed E-state index contributed by atoms with van der Waals surface area (Å²) in [4.78, 5) is 4.28. The first-order valence-corrected chi connectivity index (χ1v) is 5.08. The van der Waals surface area contributed by atoms with E-state index in [4.69, 9.17) is 0 Å². The molecule has 0 saturated heterocycles. The molecule has 0 amide bonds. The van der Waals surface area contributed by atoms with Crippen molar-refractivity contribution in [3.63, 3.8) is 0 Å². The van der Waals surface area contributed by atoms with Crippen LogP contribution in [0.25, 0.3) is 0 Å². The summed E-state index contributed by atoms with van der Waals surface area (Å²) >= 11 is 3.27. The van der Waals surface area contributed by atoms with Gasteiger partial charge in [0.05, 0.1) is 0 Å². The predicted molar refractivity (Wildman–Crippen MR) is 55.2 cm³/mol. The van der Waals surface area contributed by atoms with E-state index < -0.39 is 0 Å². The summed E-state index contributed by atoms with van der Waals surface area (Å²) < 4.78 is 2.74. The van der Waals surface area contributed by atoms with E-state index in [0.717, 1.165) is 23.5 Å². The summed E-state index contributed by atoms with van der Waals surface area (Å²) in [5, 5.41) is 4.23. The van der Waals surface area contributed by atoms with Gasteiger partial charge in [-0.2, -0.15) is 0 Å². The van der Waals surface area contributed by atoms with Crippen LogP contribution in [-0.2, 0) is 13.0 Å². The molecule has 0 atom stereocenters. The highest BCUT2D eigenvalue weighted by Crippen LogP contribution is 2.14. The summed E-state index contributed by atoms with van der Waals surface area (Å²) in [6, 6.07) is 0. The quantitative estimate of drug-likeness (QED) is 0.651. The third-order valence-corrected chi connectivity index (χ3v) is 2.33. The minimum absolute atomic E-state index is 0.731. The second-order valence-electron chi connectivity index (χ2n) is 2.83. The van der Waals surface area contributed by atoms with Crippen LogP contribution in [0.4, 0.5) is 0 Å². The standard InChI is InChI=1S/C7H10BrN3.C2H2/c8-7-9-6-4-2-1-3-5-11(6)10-7;1-2/h1-5H2;1-2H. The van der Waals surface area contributed by atoms with Crippen molar-refractivity contribution in [3.05, 3.63) is 10.6 Å². The molecule has 0 radical (unpaired) electrons. The Morgan fingerprint density at radius 2 is 2.00 bits per heavy atom. The molecule has 1 aromatic heterocycles. The zero-order valence-electron chi connectivity index (χ0n) is 7.41. The Labute approximate surface area is 86.7 Å². The number of hydrogen-bond acceptors (Lipinski definition) is 2. The summed E-state index contributed by atoms with van der Waals surface area (Å²) in [6.45, 7) is 1.04. The highest BCUT2D eigenvalue weighted by molar-refractivity contribution is 9.10. The molecule has 1 aliphatic heterocycles. The maximum absolute atomic E-state index is 4.28. The van der Waals surface area contributed by atoms with Crippen molar-refractivity contribution in [2.24, 2.45) is 0 Å². The van der Waals surface area contributed by atoms with Gasteiger partial charge in [-0.25, -0.2) is 9.67 Å². The first-order valence-electron chi connectivity index (χ1n) is 4.29. The number of halogens is 1. The van der Waals surface area contributed by atoms with E-state index in [0.29, 0.717) is 0 Å². The van der Waals surface area contributed by atoms with Gasteiger partial charge in [0, 0.05) is 13.0 Å². The van der Waals surface area contributed by atoms with Crippen molar-refractivity contribution >= 4 is 15.9 Å². The maximum atomic E-state index is 4.28. The van der Waals surface area contributed by atoms with Gasteiger partial charge < -0.3 is 0 Å². The van der Waals surface area contributed by atoms with Crippen molar-refractivity contribution in [1.29, 1.82) is 0 Å². The first-order chi connectivity index (χ1) is 6.36. The lowest BCUT2D eigenvalue weighted by atomic mass is 10.2. The van der Waals surface area contributed by atoms with Gasteiger partial charge in [0.2, 0.25) is 4.73 Å². The number of terminal acetylenes is 1. The fourth-order valence-electron chi connectivity index (χ4n) is 1.43. The zero-order chi connectivity index (χ0) is 9.68. The van der Waals surface area contributed by atoms with Crippen LogP contribution < -0.4 is 0 Å². The minimum Gasteiger partial charge on any atom is -0.249 e. The molecule has 0 unspecified atom stereocenters. The van der Waals surface area contributed by atoms with Gasteiger partial charge in [-0.3, -0.25) is 0 Å². The molecule has 0 aliphatic carbocycles. The molecule has 3 nitrogen and oxygen atoms in total. The summed E-state index contributed by atoms with van der Waals surface area (Å²) in [7, 11) is 0. The average Bonchev–Trinajstić information content (AvgIpc) is 2.36. The smallest absolute Gasteiger partial charge is 0.217 e. The molecule has 2 rings (SSSR count). The van der Waals surface area contributed by atoms with Gasteiger partial charge in [0.15, 0.2) is 0 Å². The van der Waals surface area contributed by atoms with Gasteiger partial charge in [0.1, 0.15) is 5.82 Å². The van der Waals surface area contributed by atoms with Crippen LogP contribution in [0.15, 0.2) is 4.73 Å². The number of rotatable bonds is 0. The molecule has 2 heterocycles. The van der Waals surface area contributed by atoms with Crippen LogP contribution in [0.1, 0.15) is 25.1 Å². The number of fused-ring (bicyclic) bond motifs is 1. The molecule has 4 heteroatoms. The van der Waals surface area contributed by atoms with Crippen LogP contribution in [0.5, 0.6) is 0 Å². The van der Waals surface area contributed by atoms with Crippen molar-refractivity contribution in [2.45, 2.75) is 32.2 Å². The molecular formula is C9H12BrN3. The van der Waals surface area contributed by atoms with Crippen molar-refractivity contribution in [2.75, 3.05) is 0 Å². The van der Waals surface area contributed by atoms with Gasteiger partial charge in [-0.05, 0) is 28.8 Å². The highest BCUT2D eigenvalue weighted by atomic mass is 79.9. The normalized spacial score (nSPS) is 15.0. The molecule has 0 spiro atoms. The Morgan fingerprint density at radius 1 is 1.23 bits per heavy atom. The van der Waals surface area contributed by atoms with E-state index in [1.54, 1.807) is 0 Å². The molecule has 13 heavy (non-hydrogen) atoms.